The van der Waals surface area contributed by atoms with Gasteiger partial charge in [0, 0.05) is 17.9 Å². The Morgan fingerprint density at radius 2 is 2.24 bits per heavy atom. The van der Waals surface area contributed by atoms with Crippen LogP contribution in [-0.2, 0) is 13.0 Å². The Bertz CT molecular complexity index is 510. The van der Waals surface area contributed by atoms with E-state index in [4.69, 9.17) is 0 Å². The predicted molar refractivity (Wildman–Crippen MR) is 67.8 cm³/mol. The number of halogens is 2. The quantitative estimate of drug-likeness (QED) is 0.813. The summed E-state index contributed by atoms with van der Waals surface area (Å²) in [6.07, 6.45) is 2.78. The molecule has 0 atom stereocenters. The number of benzene rings is 1. The number of hydrogen-bond donors (Lipinski definition) is 0. The minimum absolute atomic E-state index is 0.204. The van der Waals surface area contributed by atoms with Crippen molar-refractivity contribution in [2.45, 2.75) is 19.9 Å². The molecule has 0 N–H and O–H groups in total. The van der Waals surface area contributed by atoms with Gasteiger partial charge in [-0.15, -0.1) is 5.10 Å². The molecule has 1 heterocycles. The van der Waals surface area contributed by atoms with Gasteiger partial charge in [-0.2, -0.15) is 0 Å². The van der Waals surface area contributed by atoms with Gasteiger partial charge < -0.3 is 0 Å². The molecule has 90 valence electrons. The Morgan fingerprint density at radius 3 is 2.94 bits per heavy atom. The molecule has 0 aliphatic rings. The number of rotatable bonds is 4. The monoisotopic (exact) mass is 297 g/mol. The fourth-order valence-corrected chi connectivity index (χ4v) is 2.04. The van der Waals surface area contributed by atoms with Crippen molar-refractivity contribution in [3.63, 3.8) is 0 Å². The summed E-state index contributed by atoms with van der Waals surface area (Å²) in [7, 11) is 0. The lowest BCUT2D eigenvalue weighted by Crippen LogP contribution is -2.02. The van der Waals surface area contributed by atoms with Crippen molar-refractivity contribution in [2.24, 2.45) is 0 Å². The van der Waals surface area contributed by atoms with Gasteiger partial charge >= 0.3 is 0 Å². The standard InChI is InChI=1S/C12H13BrFN3/c1-9-6-11(14)3-2-10(9)7-17-8-12(4-5-13)15-16-17/h2-3,6,8H,4-5,7H2,1H3. The van der Waals surface area contributed by atoms with E-state index in [1.54, 1.807) is 10.7 Å². The number of aromatic nitrogens is 3. The van der Waals surface area contributed by atoms with E-state index < -0.39 is 0 Å². The van der Waals surface area contributed by atoms with Crippen molar-refractivity contribution < 1.29 is 4.39 Å². The lowest BCUT2D eigenvalue weighted by molar-refractivity contribution is 0.619. The van der Waals surface area contributed by atoms with Gasteiger partial charge in [0.1, 0.15) is 5.82 Å². The zero-order valence-corrected chi connectivity index (χ0v) is 11.1. The van der Waals surface area contributed by atoms with E-state index in [1.807, 2.05) is 13.1 Å². The second kappa shape index (κ2) is 5.40. The molecule has 0 aliphatic carbocycles. The topological polar surface area (TPSA) is 30.7 Å². The van der Waals surface area contributed by atoms with Crippen molar-refractivity contribution >= 4 is 15.9 Å². The van der Waals surface area contributed by atoms with Crippen LogP contribution in [0.15, 0.2) is 24.4 Å². The van der Waals surface area contributed by atoms with E-state index in [2.05, 4.69) is 26.2 Å². The third-order valence-electron chi connectivity index (χ3n) is 2.57. The van der Waals surface area contributed by atoms with E-state index >= 15 is 0 Å². The molecule has 3 nitrogen and oxygen atoms in total. The molecule has 0 saturated carbocycles. The minimum atomic E-state index is -0.204. The van der Waals surface area contributed by atoms with Crippen LogP contribution in [0.1, 0.15) is 16.8 Å². The van der Waals surface area contributed by atoms with Gasteiger partial charge in [0.2, 0.25) is 0 Å². The van der Waals surface area contributed by atoms with Crippen LogP contribution in [-0.4, -0.2) is 20.3 Å². The normalized spacial score (nSPS) is 10.8. The summed E-state index contributed by atoms with van der Waals surface area (Å²) >= 11 is 3.36. The van der Waals surface area contributed by atoms with Crippen molar-refractivity contribution in [1.82, 2.24) is 15.0 Å². The van der Waals surface area contributed by atoms with E-state index in [0.29, 0.717) is 6.54 Å². The Labute approximate surface area is 108 Å². The Morgan fingerprint density at radius 1 is 1.41 bits per heavy atom. The second-order valence-corrected chi connectivity index (χ2v) is 4.71. The van der Waals surface area contributed by atoms with E-state index in [0.717, 1.165) is 28.6 Å². The smallest absolute Gasteiger partial charge is 0.123 e. The van der Waals surface area contributed by atoms with Crippen molar-refractivity contribution in [1.29, 1.82) is 0 Å². The largest absolute Gasteiger partial charge is 0.248 e. The van der Waals surface area contributed by atoms with Crippen LogP contribution in [0.5, 0.6) is 0 Å². The summed E-state index contributed by atoms with van der Waals surface area (Å²) < 4.78 is 14.7. The fraction of sp³-hybridized carbons (Fsp3) is 0.333. The van der Waals surface area contributed by atoms with Crippen molar-refractivity contribution in [3.05, 3.63) is 47.0 Å². The Hall–Kier alpha value is -1.23. The van der Waals surface area contributed by atoms with Crippen LogP contribution in [0, 0.1) is 12.7 Å². The zero-order chi connectivity index (χ0) is 12.3. The lowest BCUT2D eigenvalue weighted by Gasteiger charge is -2.05. The molecule has 0 unspecified atom stereocenters. The van der Waals surface area contributed by atoms with Crippen LogP contribution in [0.3, 0.4) is 0 Å². The summed E-state index contributed by atoms with van der Waals surface area (Å²) in [4.78, 5) is 0. The predicted octanol–water partition coefficient (Wildman–Crippen LogP) is 2.71. The van der Waals surface area contributed by atoms with Crippen LogP contribution in [0.2, 0.25) is 0 Å². The first-order valence-electron chi connectivity index (χ1n) is 5.39. The van der Waals surface area contributed by atoms with Gasteiger partial charge in [0.25, 0.3) is 0 Å². The molecule has 2 rings (SSSR count). The van der Waals surface area contributed by atoms with Crippen LogP contribution in [0.25, 0.3) is 0 Å². The SMILES string of the molecule is Cc1cc(F)ccc1Cn1cc(CCBr)nn1. The van der Waals surface area contributed by atoms with Crippen molar-refractivity contribution in [2.75, 3.05) is 5.33 Å². The van der Waals surface area contributed by atoms with E-state index in [1.165, 1.54) is 12.1 Å². The van der Waals surface area contributed by atoms with Gasteiger partial charge in [-0.1, -0.05) is 27.2 Å². The summed E-state index contributed by atoms with van der Waals surface area (Å²) in [5.74, 6) is -0.204. The summed E-state index contributed by atoms with van der Waals surface area (Å²) in [6, 6.07) is 4.79. The molecule has 0 aliphatic heterocycles. The molecule has 0 radical (unpaired) electrons. The third-order valence-corrected chi connectivity index (χ3v) is 2.97. The Kier molecular flexibility index (Phi) is 3.89. The average molecular weight is 298 g/mol. The molecule has 5 heteroatoms. The van der Waals surface area contributed by atoms with Gasteiger partial charge in [-0.25, -0.2) is 9.07 Å². The third kappa shape index (κ3) is 3.12. The van der Waals surface area contributed by atoms with Crippen molar-refractivity contribution in [3.8, 4) is 0 Å². The molecule has 0 fully saturated rings. The average Bonchev–Trinajstić information content (AvgIpc) is 2.71. The molecule has 0 saturated heterocycles. The molecular formula is C12H13BrFN3. The number of aryl methyl sites for hydroxylation is 2. The first-order chi connectivity index (χ1) is 8.19. The molecule has 0 amide bonds. The number of nitrogens with zero attached hydrogens (tertiary/aromatic N) is 3. The summed E-state index contributed by atoms with van der Waals surface area (Å²) in [6.45, 7) is 2.52. The molecule has 17 heavy (non-hydrogen) atoms. The molecule has 2 aromatic rings. The zero-order valence-electron chi connectivity index (χ0n) is 9.53. The molecule has 0 bridgehead atoms. The maximum absolute atomic E-state index is 13.0. The number of hydrogen-bond acceptors (Lipinski definition) is 2. The number of alkyl halides is 1. The highest BCUT2D eigenvalue weighted by atomic mass is 79.9. The fourth-order valence-electron chi connectivity index (χ4n) is 1.64. The van der Waals surface area contributed by atoms with Gasteiger partial charge in [0.15, 0.2) is 0 Å². The maximum Gasteiger partial charge on any atom is 0.123 e. The Balaban J connectivity index is 2.13. The van der Waals surface area contributed by atoms with Gasteiger partial charge in [-0.05, 0) is 30.2 Å². The molecule has 1 aromatic heterocycles. The second-order valence-electron chi connectivity index (χ2n) is 3.92. The molecule has 1 aromatic carbocycles. The lowest BCUT2D eigenvalue weighted by atomic mass is 10.1. The highest BCUT2D eigenvalue weighted by molar-refractivity contribution is 9.09. The van der Waals surface area contributed by atoms with Gasteiger partial charge in [-0.3, -0.25) is 0 Å². The van der Waals surface area contributed by atoms with Crippen LogP contribution >= 0.6 is 15.9 Å². The van der Waals surface area contributed by atoms with Gasteiger partial charge in [0.05, 0.1) is 12.2 Å². The summed E-state index contributed by atoms with van der Waals surface area (Å²) in [5.41, 5.74) is 2.95. The summed E-state index contributed by atoms with van der Waals surface area (Å²) in [5, 5.41) is 8.98. The highest BCUT2D eigenvalue weighted by Gasteiger charge is 2.04. The molecule has 0 spiro atoms. The minimum Gasteiger partial charge on any atom is -0.248 e. The maximum atomic E-state index is 13.0. The van der Waals surface area contributed by atoms with Crippen LogP contribution < -0.4 is 0 Å². The van der Waals surface area contributed by atoms with E-state index in [9.17, 15) is 4.39 Å². The molecular weight excluding hydrogens is 285 g/mol. The van der Waals surface area contributed by atoms with Crippen LogP contribution in [0.4, 0.5) is 4.39 Å². The first kappa shape index (κ1) is 12.2. The highest BCUT2D eigenvalue weighted by Crippen LogP contribution is 2.11. The van der Waals surface area contributed by atoms with E-state index in [-0.39, 0.29) is 5.82 Å². The first-order valence-corrected chi connectivity index (χ1v) is 6.51.